The Balaban J connectivity index is 1.49. The molecule has 0 aliphatic heterocycles. The summed E-state index contributed by atoms with van der Waals surface area (Å²) in [5.41, 5.74) is 3.27. The fraction of sp³-hybridized carbons (Fsp3) is 0.211. The van der Waals surface area contributed by atoms with Crippen molar-refractivity contribution in [3.8, 4) is 5.69 Å². The predicted molar refractivity (Wildman–Crippen MR) is 105 cm³/mol. The smallest absolute Gasteiger partial charge is 0.230 e. The van der Waals surface area contributed by atoms with Gasteiger partial charge in [-0.1, -0.05) is 53.2 Å². The highest BCUT2D eigenvalue weighted by molar-refractivity contribution is 7.99. The monoisotopic (exact) mass is 386 g/mol. The molecule has 1 amide bonds. The van der Waals surface area contributed by atoms with E-state index in [1.807, 2.05) is 60.0 Å². The maximum Gasteiger partial charge on any atom is 0.230 e. The maximum absolute atomic E-state index is 12.1. The van der Waals surface area contributed by atoms with Crippen LogP contribution in [0.1, 0.15) is 11.1 Å². The van der Waals surface area contributed by atoms with E-state index in [0.717, 1.165) is 17.7 Å². The van der Waals surface area contributed by atoms with Crippen LogP contribution in [0.4, 0.5) is 0 Å². The van der Waals surface area contributed by atoms with Crippen molar-refractivity contribution in [2.24, 2.45) is 0 Å². The van der Waals surface area contributed by atoms with Crippen LogP contribution in [-0.4, -0.2) is 33.0 Å². The molecule has 0 aliphatic carbocycles. The molecule has 0 saturated carbocycles. The van der Waals surface area contributed by atoms with E-state index in [4.69, 9.17) is 11.6 Å². The van der Waals surface area contributed by atoms with Gasteiger partial charge < -0.3 is 5.32 Å². The Bertz CT molecular complexity index is 879. The molecule has 0 radical (unpaired) electrons. The lowest BCUT2D eigenvalue weighted by molar-refractivity contribution is -0.118. The lowest BCUT2D eigenvalue weighted by Crippen LogP contribution is -2.27. The van der Waals surface area contributed by atoms with E-state index in [1.165, 1.54) is 17.3 Å². The van der Waals surface area contributed by atoms with Crippen molar-refractivity contribution in [3.63, 3.8) is 0 Å². The number of aryl methyl sites for hydroxylation is 1. The van der Waals surface area contributed by atoms with Crippen molar-refractivity contribution in [1.29, 1.82) is 0 Å². The number of nitrogens with one attached hydrogen (secondary N) is 1. The van der Waals surface area contributed by atoms with Crippen molar-refractivity contribution in [2.45, 2.75) is 18.5 Å². The van der Waals surface area contributed by atoms with Gasteiger partial charge in [0.15, 0.2) is 5.16 Å². The van der Waals surface area contributed by atoms with Crippen LogP contribution < -0.4 is 5.32 Å². The first kappa shape index (κ1) is 18.5. The molecule has 26 heavy (non-hydrogen) atoms. The maximum atomic E-state index is 12.1. The summed E-state index contributed by atoms with van der Waals surface area (Å²) < 4.78 is 1.88. The minimum atomic E-state index is -0.0320. The first-order valence-electron chi connectivity index (χ1n) is 8.23. The van der Waals surface area contributed by atoms with E-state index in [2.05, 4.69) is 15.5 Å². The summed E-state index contributed by atoms with van der Waals surface area (Å²) in [5.74, 6) is 0.260. The molecule has 0 atom stereocenters. The number of carbonyl (C=O) groups excluding carboxylic acids is 1. The number of thioether (sulfide) groups is 1. The number of halogens is 1. The minimum Gasteiger partial charge on any atom is -0.355 e. The SMILES string of the molecule is Cc1ccc(-n2cnnc2SCC(=O)NCCc2cccc(Cl)c2)cc1. The van der Waals surface area contributed by atoms with Gasteiger partial charge >= 0.3 is 0 Å². The third kappa shape index (κ3) is 5.09. The van der Waals surface area contributed by atoms with Crippen LogP contribution in [0.25, 0.3) is 5.69 Å². The lowest BCUT2D eigenvalue weighted by Gasteiger charge is -2.07. The molecule has 0 aliphatic rings. The average molecular weight is 387 g/mol. The fourth-order valence-electron chi connectivity index (χ4n) is 2.43. The van der Waals surface area contributed by atoms with E-state index in [9.17, 15) is 4.79 Å². The highest BCUT2D eigenvalue weighted by atomic mass is 35.5. The molecule has 0 bridgehead atoms. The molecule has 0 saturated heterocycles. The van der Waals surface area contributed by atoms with Crippen molar-refractivity contribution < 1.29 is 4.79 Å². The summed E-state index contributed by atoms with van der Waals surface area (Å²) in [7, 11) is 0. The van der Waals surface area contributed by atoms with E-state index in [1.54, 1.807) is 6.33 Å². The highest BCUT2D eigenvalue weighted by Gasteiger charge is 2.10. The number of carbonyl (C=O) groups is 1. The molecule has 0 unspecified atom stereocenters. The molecule has 0 spiro atoms. The molecule has 7 heteroatoms. The van der Waals surface area contributed by atoms with Gasteiger partial charge in [-0.25, -0.2) is 0 Å². The van der Waals surface area contributed by atoms with Gasteiger partial charge in [-0.3, -0.25) is 9.36 Å². The van der Waals surface area contributed by atoms with E-state index in [0.29, 0.717) is 22.5 Å². The van der Waals surface area contributed by atoms with Gasteiger partial charge in [0.2, 0.25) is 5.91 Å². The number of hydrogen-bond donors (Lipinski definition) is 1. The number of rotatable bonds is 7. The van der Waals surface area contributed by atoms with E-state index < -0.39 is 0 Å². The number of hydrogen-bond acceptors (Lipinski definition) is 4. The Hall–Kier alpha value is -2.31. The number of aromatic nitrogens is 3. The van der Waals surface area contributed by atoms with Crippen LogP contribution in [0.2, 0.25) is 5.02 Å². The van der Waals surface area contributed by atoms with Crippen LogP contribution in [0.5, 0.6) is 0 Å². The van der Waals surface area contributed by atoms with Crippen LogP contribution in [0, 0.1) is 6.92 Å². The zero-order chi connectivity index (χ0) is 18.4. The van der Waals surface area contributed by atoms with Crippen LogP contribution >= 0.6 is 23.4 Å². The molecule has 5 nitrogen and oxygen atoms in total. The second-order valence-corrected chi connectivity index (χ2v) is 7.22. The molecule has 0 fully saturated rings. The summed E-state index contributed by atoms with van der Waals surface area (Å²) in [4.78, 5) is 12.1. The molecule has 3 aromatic rings. The Kier molecular flexibility index (Phi) is 6.30. The summed E-state index contributed by atoms with van der Waals surface area (Å²) >= 11 is 7.33. The topological polar surface area (TPSA) is 59.8 Å². The molecule has 3 rings (SSSR count). The highest BCUT2D eigenvalue weighted by Crippen LogP contribution is 2.19. The molecular weight excluding hydrogens is 368 g/mol. The quantitative estimate of drug-likeness (QED) is 0.629. The van der Waals surface area contributed by atoms with Gasteiger partial charge in [-0.15, -0.1) is 10.2 Å². The van der Waals surface area contributed by atoms with Crippen LogP contribution in [-0.2, 0) is 11.2 Å². The van der Waals surface area contributed by atoms with Gasteiger partial charge in [0.1, 0.15) is 6.33 Å². The second-order valence-electron chi connectivity index (χ2n) is 5.84. The van der Waals surface area contributed by atoms with Crippen LogP contribution in [0.3, 0.4) is 0 Å². The standard InChI is InChI=1S/C19H19ClN4OS/c1-14-5-7-17(8-6-14)24-13-22-23-19(24)26-12-18(25)21-10-9-15-3-2-4-16(20)11-15/h2-8,11,13H,9-10,12H2,1H3,(H,21,25). The first-order chi connectivity index (χ1) is 12.6. The van der Waals surface area contributed by atoms with Crippen LogP contribution in [0.15, 0.2) is 60.0 Å². The van der Waals surface area contributed by atoms with E-state index in [-0.39, 0.29) is 5.91 Å². The van der Waals surface area contributed by atoms with Gasteiger partial charge in [-0.05, 0) is 43.2 Å². The zero-order valence-corrected chi connectivity index (χ0v) is 15.9. The minimum absolute atomic E-state index is 0.0320. The number of benzene rings is 2. The van der Waals surface area contributed by atoms with Gasteiger partial charge in [0, 0.05) is 17.3 Å². The van der Waals surface area contributed by atoms with Crippen molar-refractivity contribution in [3.05, 3.63) is 71.0 Å². The molecule has 2 aromatic carbocycles. The van der Waals surface area contributed by atoms with Gasteiger partial charge in [-0.2, -0.15) is 0 Å². The fourth-order valence-corrected chi connectivity index (χ4v) is 3.40. The Morgan fingerprint density at radius 1 is 1.23 bits per heavy atom. The zero-order valence-electron chi connectivity index (χ0n) is 14.4. The summed E-state index contributed by atoms with van der Waals surface area (Å²) in [5, 5.41) is 12.4. The third-order valence-electron chi connectivity index (χ3n) is 3.79. The molecule has 1 N–H and O–H groups in total. The molecule has 1 aromatic heterocycles. The predicted octanol–water partition coefficient (Wildman–Crippen LogP) is 3.68. The summed E-state index contributed by atoms with van der Waals surface area (Å²) in [6.07, 6.45) is 2.40. The lowest BCUT2D eigenvalue weighted by atomic mass is 10.1. The van der Waals surface area contributed by atoms with Gasteiger partial charge in [0.25, 0.3) is 0 Å². The summed E-state index contributed by atoms with van der Waals surface area (Å²) in [6.45, 7) is 2.61. The number of amides is 1. The number of nitrogens with zero attached hydrogens (tertiary/aromatic N) is 3. The first-order valence-corrected chi connectivity index (χ1v) is 9.59. The largest absolute Gasteiger partial charge is 0.355 e. The molecule has 134 valence electrons. The van der Waals surface area contributed by atoms with Crippen molar-refractivity contribution in [1.82, 2.24) is 20.1 Å². The normalized spacial score (nSPS) is 10.7. The van der Waals surface area contributed by atoms with E-state index >= 15 is 0 Å². The summed E-state index contributed by atoms with van der Waals surface area (Å²) in [6, 6.07) is 15.7. The second kappa shape index (κ2) is 8.87. The Morgan fingerprint density at radius 3 is 2.81 bits per heavy atom. The van der Waals surface area contributed by atoms with Crippen molar-refractivity contribution >= 4 is 29.3 Å². The molecular formula is C19H19ClN4OS. The van der Waals surface area contributed by atoms with Crippen molar-refractivity contribution in [2.75, 3.05) is 12.3 Å². The third-order valence-corrected chi connectivity index (χ3v) is 4.96. The molecule has 1 heterocycles. The Labute approximate surface area is 161 Å². The average Bonchev–Trinajstić information content (AvgIpc) is 3.09. The van der Waals surface area contributed by atoms with Gasteiger partial charge in [0.05, 0.1) is 5.75 Å². The Morgan fingerprint density at radius 2 is 2.04 bits per heavy atom.